The number of H-pyrrole nitrogens is 1. The molecule has 0 unspecified atom stereocenters. The average molecular weight is 402 g/mol. The average Bonchev–Trinajstić information content (AvgIpc) is 2.62. The molecule has 0 fully saturated rings. The van der Waals surface area contributed by atoms with E-state index in [1.807, 2.05) is 51.1 Å². The summed E-state index contributed by atoms with van der Waals surface area (Å²) in [6.45, 7) is 11.0. The third kappa shape index (κ3) is 5.32. The van der Waals surface area contributed by atoms with E-state index in [1.54, 1.807) is 4.90 Å². The monoisotopic (exact) mass is 401 g/mol. The lowest BCUT2D eigenvalue weighted by Crippen LogP contribution is -2.47. The van der Waals surface area contributed by atoms with Crippen LogP contribution in [0.5, 0.6) is 0 Å². The maximum atomic E-state index is 12.6. The van der Waals surface area contributed by atoms with Crippen LogP contribution in [0.15, 0.2) is 52.1 Å². The largest absolute Gasteiger partial charge is 0.383 e. The van der Waals surface area contributed by atoms with Crippen LogP contribution >= 0.6 is 12.2 Å². The molecule has 1 aromatic heterocycles. The Morgan fingerprint density at radius 2 is 1.96 bits per heavy atom. The number of hydrogen-bond donors (Lipinski definition) is 3. The van der Waals surface area contributed by atoms with Gasteiger partial charge in [0, 0.05) is 13.1 Å². The Morgan fingerprint density at radius 1 is 1.32 bits per heavy atom. The molecule has 1 heterocycles. The van der Waals surface area contributed by atoms with Gasteiger partial charge in [0.2, 0.25) is 0 Å². The van der Waals surface area contributed by atoms with E-state index in [4.69, 9.17) is 18.0 Å². The van der Waals surface area contributed by atoms with E-state index in [0.29, 0.717) is 18.2 Å². The van der Waals surface area contributed by atoms with Gasteiger partial charge in [0.1, 0.15) is 5.82 Å². The van der Waals surface area contributed by atoms with Gasteiger partial charge >= 0.3 is 5.69 Å². The summed E-state index contributed by atoms with van der Waals surface area (Å²) >= 11 is 5.50. The van der Waals surface area contributed by atoms with Crippen molar-refractivity contribution in [2.75, 3.05) is 23.7 Å². The molecule has 0 bridgehead atoms. The van der Waals surface area contributed by atoms with Crippen molar-refractivity contribution in [1.82, 2.24) is 14.9 Å². The van der Waals surface area contributed by atoms with E-state index in [2.05, 4.69) is 16.9 Å². The van der Waals surface area contributed by atoms with E-state index >= 15 is 0 Å². The molecule has 0 spiro atoms. The zero-order chi connectivity index (χ0) is 20.8. The highest BCUT2D eigenvalue weighted by atomic mass is 32.1. The predicted octanol–water partition coefficient (Wildman–Crippen LogP) is 2.08. The summed E-state index contributed by atoms with van der Waals surface area (Å²) in [5.41, 5.74) is 7.15. The topological polar surface area (TPSA) is 96.2 Å². The van der Waals surface area contributed by atoms with Crippen LogP contribution in [0.4, 0.5) is 11.5 Å². The zero-order valence-corrected chi connectivity index (χ0v) is 17.3. The summed E-state index contributed by atoms with van der Waals surface area (Å²) in [5, 5.41) is 3.45. The fourth-order valence-corrected chi connectivity index (χ4v) is 2.96. The lowest BCUT2D eigenvalue weighted by Gasteiger charge is -2.28. The molecule has 0 amide bonds. The highest BCUT2D eigenvalue weighted by Crippen LogP contribution is 2.19. The molecule has 0 radical (unpaired) electrons. The van der Waals surface area contributed by atoms with Crippen molar-refractivity contribution in [3.8, 4) is 0 Å². The van der Waals surface area contributed by atoms with Gasteiger partial charge in [-0.05, 0) is 30.6 Å². The summed E-state index contributed by atoms with van der Waals surface area (Å²) in [7, 11) is 0. The number of thiocarbonyl (C=S) groups is 1. The van der Waals surface area contributed by atoms with Gasteiger partial charge in [-0.15, -0.1) is 0 Å². The molecule has 0 aliphatic carbocycles. The SMILES string of the molecule is C=C(C)CNC(=S)N(CC(C)C)c1c(N)n(Cc2ccccc2)c(=O)[nH]c1=O. The third-order valence-electron chi connectivity index (χ3n) is 4.00. The zero-order valence-electron chi connectivity index (χ0n) is 16.5. The molecule has 8 heteroatoms. The Balaban J connectivity index is 2.51. The number of aromatic amines is 1. The number of benzene rings is 1. The quantitative estimate of drug-likeness (QED) is 0.486. The molecule has 0 saturated carbocycles. The second-order valence-electron chi connectivity index (χ2n) is 7.19. The highest BCUT2D eigenvalue weighted by Gasteiger charge is 2.23. The molecular formula is C20H27N5O2S. The molecule has 2 rings (SSSR count). The van der Waals surface area contributed by atoms with E-state index in [1.165, 1.54) is 4.57 Å². The van der Waals surface area contributed by atoms with Crippen LogP contribution in [0.3, 0.4) is 0 Å². The molecule has 0 aliphatic heterocycles. The molecule has 0 atom stereocenters. The van der Waals surface area contributed by atoms with Crippen molar-refractivity contribution >= 4 is 28.8 Å². The molecule has 150 valence electrons. The lowest BCUT2D eigenvalue weighted by molar-refractivity contribution is 0.648. The second-order valence-corrected chi connectivity index (χ2v) is 7.57. The standard InChI is InChI=1S/C20H27N5O2S/c1-13(2)10-22-20(28)24(11-14(3)4)16-17(21)25(19(27)23-18(16)26)12-15-8-6-5-7-9-15/h5-9,14H,1,10-12,21H2,2-4H3,(H,22,28)(H,23,26,27). The van der Waals surface area contributed by atoms with Crippen molar-refractivity contribution in [1.29, 1.82) is 0 Å². The Labute approximate surface area is 169 Å². The van der Waals surface area contributed by atoms with Gasteiger partial charge in [0.05, 0.1) is 6.54 Å². The minimum absolute atomic E-state index is 0.0812. The predicted molar refractivity (Wildman–Crippen MR) is 119 cm³/mol. The summed E-state index contributed by atoms with van der Waals surface area (Å²) in [4.78, 5) is 29.0. The van der Waals surface area contributed by atoms with Crippen LogP contribution in [-0.2, 0) is 6.54 Å². The number of rotatable bonds is 7. The summed E-state index contributed by atoms with van der Waals surface area (Å²) in [6, 6.07) is 9.43. The highest BCUT2D eigenvalue weighted by molar-refractivity contribution is 7.80. The third-order valence-corrected chi connectivity index (χ3v) is 4.37. The maximum Gasteiger partial charge on any atom is 0.330 e. The van der Waals surface area contributed by atoms with Crippen molar-refractivity contribution in [3.63, 3.8) is 0 Å². The van der Waals surface area contributed by atoms with Crippen molar-refractivity contribution in [3.05, 3.63) is 68.9 Å². The second kappa shape index (κ2) is 9.36. The normalized spacial score (nSPS) is 10.7. The minimum Gasteiger partial charge on any atom is -0.383 e. The lowest BCUT2D eigenvalue weighted by atomic mass is 10.2. The number of nitrogens with zero attached hydrogens (tertiary/aromatic N) is 2. The molecule has 0 aliphatic rings. The fraction of sp³-hybridized carbons (Fsp3) is 0.350. The number of anilines is 2. The first-order chi connectivity index (χ1) is 13.2. The number of nitrogens with one attached hydrogen (secondary N) is 2. The smallest absolute Gasteiger partial charge is 0.330 e. The number of nitrogens with two attached hydrogens (primary N) is 1. The van der Waals surface area contributed by atoms with Gasteiger partial charge < -0.3 is 16.0 Å². The van der Waals surface area contributed by atoms with E-state index in [0.717, 1.165) is 11.1 Å². The molecule has 28 heavy (non-hydrogen) atoms. The number of hydrogen-bond acceptors (Lipinski definition) is 4. The first-order valence-corrected chi connectivity index (χ1v) is 9.47. The van der Waals surface area contributed by atoms with E-state index < -0.39 is 11.2 Å². The van der Waals surface area contributed by atoms with Gasteiger partial charge in [-0.3, -0.25) is 14.3 Å². The first-order valence-electron chi connectivity index (χ1n) is 9.07. The molecule has 1 aromatic carbocycles. The van der Waals surface area contributed by atoms with Crippen LogP contribution in [0, 0.1) is 5.92 Å². The maximum absolute atomic E-state index is 12.6. The Morgan fingerprint density at radius 3 is 2.54 bits per heavy atom. The Hall–Kier alpha value is -2.87. The summed E-state index contributed by atoms with van der Waals surface area (Å²) in [6.07, 6.45) is 0. The minimum atomic E-state index is -0.563. The van der Waals surface area contributed by atoms with Crippen LogP contribution in [0.1, 0.15) is 26.3 Å². The molecular weight excluding hydrogens is 374 g/mol. The first kappa shape index (κ1) is 21.4. The van der Waals surface area contributed by atoms with Gasteiger partial charge in [-0.2, -0.15) is 0 Å². The van der Waals surface area contributed by atoms with E-state index in [-0.39, 0.29) is 24.0 Å². The molecule has 4 N–H and O–H groups in total. The van der Waals surface area contributed by atoms with E-state index in [9.17, 15) is 9.59 Å². The molecule has 2 aromatic rings. The molecule has 0 saturated heterocycles. The Kier molecular flexibility index (Phi) is 7.17. The summed E-state index contributed by atoms with van der Waals surface area (Å²) in [5.74, 6) is 0.288. The van der Waals surface area contributed by atoms with Crippen LogP contribution < -0.4 is 27.2 Å². The number of aromatic nitrogens is 2. The van der Waals surface area contributed by atoms with Gasteiger partial charge in [0.15, 0.2) is 10.8 Å². The van der Waals surface area contributed by atoms with Crippen LogP contribution in [0.2, 0.25) is 0 Å². The number of nitrogen functional groups attached to an aromatic ring is 1. The van der Waals surface area contributed by atoms with Gasteiger partial charge in [-0.1, -0.05) is 56.3 Å². The molecule has 7 nitrogen and oxygen atoms in total. The van der Waals surface area contributed by atoms with Crippen molar-refractivity contribution < 1.29 is 0 Å². The fourth-order valence-electron chi connectivity index (χ4n) is 2.72. The summed E-state index contributed by atoms with van der Waals surface area (Å²) < 4.78 is 1.35. The van der Waals surface area contributed by atoms with Gasteiger partial charge in [-0.25, -0.2) is 4.79 Å². The van der Waals surface area contributed by atoms with Crippen LogP contribution in [-0.4, -0.2) is 27.8 Å². The van der Waals surface area contributed by atoms with Crippen molar-refractivity contribution in [2.24, 2.45) is 5.92 Å². The Bertz CT molecular complexity index is 963. The van der Waals surface area contributed by atoms with Crippen LogP contribution in [0.25, 0.3) is 0 Å². The van der Waals surface area contributed by atoms with Crippen molar-refractivity contribution in [2.45, 2.75) is 27.3 Å². The van der Waals surface area contributed by atoms with Gasteiger partial charge in [0.25, 0.3) is 5.56 Å².